The fraction of sp³-hybridized carbons (Fsp3) is 0.857. The van der Waals surface area contributed by atoms with Crippen molar-refractivity contribution in [3.63, 3.8) is 0 Å². The van der Waals surface area contributed by atoms with E-state index in [1.807, 2.05) is 13.8 Å². The Balaban J connectivity index is 2.52. The standard InChI is InChI=1S/C14H25NO2/c1-4-13(16)9-11-7-6-8-12(15(11)3)10-14(17)5-2/h11-12H,4-10H2,1-3H3/t11-,12-/m0/s1. The van der Waals surface area contributed by atoms with Crippen molar-refractivity contribution in [1.82, 2.24) is 4.90 Å². The Morgan fingerprint density at radius 2 is 1.41 bits per heavy atom. The number of hydrogen-bond donors (Lipinski definition) is 0. The Morgan fingerprint density at radius 1 is 1.00 bits per heavy atom. The first-order chi connectivity index (χ1) is 8.08. The van der Waals surface area contributed by atoms with Crippen molar-refractivity contribution >= 4 is 11.6 Å². The molecule has 0 bridgehead atoms. The van der Waals surface area contributed by atoms with Crippen LogP contribution in [0.2, 0.25) is 0 Å². The van der Waals surface area contributed by atoms with Crippen LogP contribution in [0.25, 0.3) is 0 Å². The summed E-state index contributed by atoms with van der Waals surface area (Å²) in [5.41, 5.74) is 0. The number of rotatable bonds is 6. The average molecular weight is 239 g/mol. The highest BCUT2D eigenvalue weighted by Crippen LogP contribution is 2.26. The van der Waals surface area contributed by atoms with Crippen LogP contribution >= 0.6 is 0 Å². The van der Waals surface area contributed by atoms with Crippen molar-refractivity contribution in [3.8, 4) is 0 Å². The third-order valence-electron chi connectivity index (χ3n) is 3.94. The molecule has 0 amide bonds. The average Bonchev–Trinajstić information content (AvgIpc) is 2.33. The summed E-state index contributed by atoms with van der Waals surface area (Å²) >= 11 is 0. The van der Waals surface area contributed by atoms with E-state index in [0.717, 1.165) is 19.3 Å². The minimum absolute atomic E-state index is 0.337. The molecule has 1 aliphatic rings. The largest absolute Gasteiger partial charge is 0.300 e. The number of piperidine rings is 1. The zero-order valence-corrected chi connectivity index (χ0v) is 11.4. The number of carbonyl (C=O) groups is 2. The van der Waals surface area contributed by atoms with Crippen molar-refractivity contribution in [2.24, 2.45) is 0 Å². The highest BCUT2D eigenvalue weighted by Gasteiger charge is 2.29. The molecule has 3 heteroatoms. The lowest BCUT2D eigenvalue weighted by Crippen LogP contribution is -2.45. The molecule has 0 aliphatic carbocycles. The molecular weight excluding hydrogens is 214 g/mol. The number of ketones is 2. The molecular formula is C14H25NO2. The SMILES string of the molecule is CCC(=O)C[C@@H]1CCC[C@@H](CC(=O)CC)N1C. The molecule has 0 aromatic carbocycles. The third-order valence-corrected chi connectivity index (χ3v) is 3.94. The van der Waals surface area contributed by atoms with Crippen LogP contribution in [0.1, 0.15) is 58.8 Å². The molecule has 0 aromatic rings. The molecule has 0 unspecified atom stereocenters. The van der Waals surface area contributed by atoms with E-state index in [9.17, 15) is 9.59 Å². The van der Waals surface area contributed by atoms with Gasteiger partial charge in [0.2, 0.25) is 0 Å². The van der Waals surface area contributed by atoms with Crippen LogP contribution in [0.15, 0.2) is 0 Å². The van der Waals surface area contributed by atoms with Gasteiger partial charge in [0.05, 0.1) is 0 Å². The lowest BCUT2D eigenvalue weighted by Gasteiger charge is -2.39. The molecule has 0 saturated carbocycles. The second kappa shape index (κ2) is 6.90. The van der Waals surface area contributed by atoms with E-state index in [4.69, 9.17) is 0 Å². The number of likely N-dealkylation sites (tertiary alicyclic amines) is 1. The van der Waals surface area contributed by atoms with Gasteiger partial charge in [-0.3, -0.25) is 14.5 Å². The monoisotopic (exact) mass is 239 g/mol. The quantitative estimate of drug-likeness (QED) is 0.715. The lowest BCUT2D eigenvalue weighted by atomic mass is 9.90. The maximum absolute atomic E-state index is 11.5. The summed E-state index contributed by atoms with van der Waals surface area (Å²) in [7, 11) is 2.07. The molecule has 1 fully saturated rings. The fourth-order valence-electron chi connectivity index (χ4n) is 2.60. The van der Waals surface area contributed by atoms with Crippen LogP contribution < -0.4 is 0 Å². The summed E-state index contributed by atoms with van der Waals surface area (Å²) in [5, 5.41) is 0. The molecule has 2 atom stereocenters. The van der Waals surface area contributed by atoms with E-state index in [2.05, 4.69) is 11.9 Å². The summed E-state index contributed by atoms with van der Waals surface area (Å²) in [6.07, 6.45) is 5.91. The van der Waals surface area contributed by atoms with Crippen LogP contribution in [0.5, 0.6) is 0 Å². The van der Waals surface area contributed by atoms with Crippen LogP contribution in [0, 0.1) is 0 Å². The van der Waals surface area contributed by atoms with E-state index in [1.165, 1.54) is 0 Å². The van der Waals surface area contributed by atoms with E-state index in [1.54, 1.807) is 0 Å². The topological polar surface area (TPSA) is 37.4 Å². The van der Waals surface area contributed by atoms with Crippen LogP contribution in [-0.4, -0.2) is 35.6 Å². The molecule has 1 saturated heterocycles. The van der Waals surface area contributed by atoms with E-state index in [0.29, 0.717) is 49.3 Å². The van der Waals surface area contributed by atoms with Gasteiger partial charge in [0.15, 0.2) is 0 Å². The Labute approximate surface area is 105 Å². The Hall–Kier alpha value is -0.700. The molecule has 1 aliphatic heterocycles. The van der Waals surface area contributed by atoms with Crippen molar-refractivity contribution in [2.45, 2.75) is 70.9 Å². The van der Waals surface area contributed by atoms with Gasteiger partial charge in [0.25, 0.3) is 0 Å². The molecule has 0 spiro atoms. The van der Waals surface area contributed by atoms with Gasteiger partial charge in [0, 0.05) is 37.8 Å². The molecule has 17 heavy (non-hydrogen) atoms. The second-order valence-corrected chi connectivity index (χ2v) is 5.10. The Morgan fingerprint density at radius 3 is 1.76 bits per heavy atom. The number of Topliss-reactive ketones (excluding diaryl/α,β-unsaturated/α-hetero) is 2. The first kappa shape index (κ1) is 14.4. The molecule has 1 rings (SSSR count). The molecule has 0 radical (unpaired) electrons. The van der Waals surface area contributed by atoms with Gasteiger partial charge in [-0.15, -0.1) is 0 Å². The minimum Gasteiger partial charge on any atom is -0.300 e. The zero-order chi connectivity index (χ0) is 12.8. The highest BCUT2D eigenvalue weighted by atomic mass is 16.1. The molecule has 0 aromatic heterocycles. The Kier molecular flexibility index (Phi) is 5.83. The van der Waals surface area contributed by atoms with Gasteiger partial charge >= 0.3 is 0 Å². The molecule has 0 N–H and O–H groups in total. The first-order valence-corrected chi connectivity index (χ1v) is 6.83. The van der Waals surface area contributed by atoms with Gasteiger partial charge in [-0.25, -0.2) is 0 Å². The summed E-state index contributed by atoms with van der Waals surface area (Å²) in [6.45, 7) is 3.84. The number of nitrogens with zero attached hydrogens (tertiary/aromatic N) is 1. The van der Waals surface area contributed by atoms with Gasteiger partial charge in [-0.2, -0.15) is 0 Å². The predicted octanol–water partition coefficient (Wildman–Crippen LogP) is 2.58. The summed E-state index contributed by atoms with van der Waals surface area (Å²) in [5.74, 6) is 0.675. The second-order valence-electron chi connectivity index (χ2n) is 5.10. The van der Waals surface area contributed by atoms with Crippen molar-refractivity contribution < 1.29 is 9.59 Å². The van der Waals surface area contributed by atoms with Gasteiger partial charge in [-0.05, 0) is 19.9 Å². The molecule has 98 valence electrons. The smallest absolute Gasteiger partial charge is 0.134 e. The van der Waals surface area contributed by atoms with Crippen molar-refractivity contribution in [2.75, 3.05) is 7.05 Å². The Bertz CT molecular complexity index is 249. The summed E-state index contributed by atoms with van der Waals surface area (Å²) in [6, 6.07) is 0.705. The van der Waals surface area contributed by atoms with E-state index < -0.39 is 0 Å². The normalized spacial score (nSPS) is 25.8. The molecule has 3 nitrogen and oxygen atoms in total. The van der Waals surface area contributed by atoms with Gasteiger partial charge < -0.3 is 0 Å². The minimum atomic E-state index is 0.337. The van der Waals surface area contributed by atoms with Crippen molar-refractivity contribution in [3.05, 3.63) is 0 Å². The highest BCUT2D eigenvalue weighted by molar-refractivity contribution is 5.79. The van der Waals surface area contributed by atoms with Crippen LogP contribution in [0.4, 0.5) is 0 Å². The number of hydrogen-bond acceptors (Lipinski definition) is 3. The van der Waals surface area contributed by atoms with E-state index >= 15 is 0 Å². The third kappa shape index (κ3) is 4.23. The van der Waals surface area contributed by atoms with E-state index in [-0.39, 0.29) is 0 Å². The first-order valence-electron chi connectivity index (χ1n) is 6.83. The molecule has 1 heterocycles. The van der Waals surface area contributed by atoms with Gasteiger partial charge in [0.1, 0.15) is 11.6 Å². The predicted molar refractivity (Wildman–Crippen MR) is 69.0 cm³/mol. The lowest BCUT2D eigenvalue weighted by molar-refractivity contribution is -0.121. The van der Waals surface area contributed by atoms with Crippen LogP contribution in [-0.2, 0) is 9.59 Å². The van der Waals surface area contributed by atoms with Crippen LogP contribution in [0.3, 0.4) is 0 Å². The zero-order valence-electron chi connectivity index (χ0n) is 11.4. The fourth-order valence-corrected chi connectivity index (χ4v) is 2.60. The number of carbonyl (C=O) groups excluding carboxylic acids is 2. The van der Waals surface area contributed by atoms with Crippen molar-refractivity contribution in [1.29, 1.82) is 0 Å². The summed E-state index contributed by atoms with van der Waals surface area (Å²) in [4.78, 5) is 25.3. The summed E-state index contributed by atoms with van der Waals surface area (Å²) < 4.78 is 0. The maximum Gasteiger partial charge on any atom is 0.134 e. The maximum atomic E-state index is 11.5. The van der Waals surface area contributed by atoms with Gasteiger partial charge in [-0.1, -0.05) is 20.3 Å².